The summed E-state index contributed by atoms with van der Waals surface area (Å²) < 4.78 is 10.4. The van der Waals surface area contributed by atoms with E-state index in [1.807, 2.05) is 26.0 Å². The van der Waals surface area contributed by atoms with Crippen molar-refractivity contribution in [2.75, 3.05) is 19.7 Å². The highest BCUT2D eigenvalue weighted by Crippen LogP contribution is 2.15. The number of ether oxygens (including phenoxy) is 1. The maximum Gasteiger partial charge on any atom is 0.331 e. The first kappa shape index (κ1) is 20.2. The van der Waals surface area contributed by atoms with Crippen LogP contribution in [-0.2, 0) is 19.1 Å². The van der Waals surface area contributed by atoms with Gasteiger partial charge in [0.05, 0.1) is 6.54 Å². The largest absolute Gasteiger partial charge is 0.452 e. The molecule has 0 fully saturated rings. The van der Waals surface area contributed by atoms with Gasteiger partial charge in [0.15, 0.2) is 12.2 Å². The maximum atomic E-state index is 12.1. The molecule has 2 rings (SSSR count). The SMILES string of the molecule is CCN(CC(=O)NC(C)C)C(=O)COC(=O)/C=C/c1nc2ccccc2o1. The summed E-state index contributed by atoms with van der Waals surface area (Å²) in [7, 11) is 0. The minimum absolute atomic E-state index is 0.0128. The fraction of sp³-hybridized carbons (Fsp3) is 0.368. The number of benzene rings is 1. The van der Waals surface area contributed by atoms with E-state index in [0.29, 0.717) is 17.6 Å². The summed E-state index contributed by atoms with van der Waals surface area (Å²) in [5.41, 5.74) is 1.29. The third-order valence-corrected chi connectivity index (χ3v) is 3.53. The molecule has 8 nitrogen and oxygen atoms in total. The average Bonchev–Trinajstić information content (AvgIpc) is 3.04. The molecule has 0 radical (unpaired) electrons. The fourth-order valence-electron chi connectivity index (χ4n) is 2.29. The number of oxazole rings is 1. The molecule has 1 aromatic carbocycles. The summed E-state index contributed by atoms with van der Waals surface area (Å²) in [5, 5.41) is 2.71. The molecule has 1 heterocycles. The molecule has 0 atom stereocenters. The molecule has 2 aromatic rings. The minimum atomic E-state index is -0.701. The van der Waals surface area contributed by atoms with Gasteiger partial charge in [0.25, 0.3) is 5.91 Å². The van der Waals surface area contributed by atoms with Gasteiger partial charge in [-0.05, 0) is 32.9 Å². The number of fused-ring (bicyclic) bond motifs is 1. The molecule has 0 spiro atoms. The van der Waals surface area contributed by atoms with E-state index in [-0.39, 0.29) is 24.4 Å². The summed E-state index contributed by atoms with van der Waals surface area (Å²) in [6.07, 6.45) is 2.51. The van der Waals surface area contributed by atoms with Crippen molar-refractivity contribution < 1.29 is 23.5 Å². The van der Waals surface area contributed by atoms with Gasteiger partial charge >= 0.3 is 5.97 Å². The van der Waals surface area contributed by atoms with E-state index < -0.39 is 18.5 Å². The van der Waals surface area contributed by atoms with Gasteiger partial charge in [-0.1, -0.05) is 12.1 Å². The molecule has 0 aliphatic heterocycles. The second kappa shape index (κ2) is 9.51. The number of para-hydroxylation sites is 2. The predicted molar refractivity (Wildman–Crippen MR) is 99.5 cm³/mol. The van der Waals surface area contributed by atoms with Gasteiger partial charge in [0, 0.05) is 24.7 Å². The van der Waals surface area contributed by atoms with Crippen LogP contribution in [0.15, 0.2) is 34.8 Å². The minimum Gasteiger partial charge on any atom is -0.452 e. The number of rotatable bonds is 8. The number of nitrogens with zero attached hydrogens (tertiary/aromatic N) is 2. The van der Waals surface area contributed by atoms with Crippen LogP contribution in [0.5, 0.6) is 0 Å². The molecule has 0 saturated heterocycles. The number of aromatic nitrogens is 1. The summed E-state index contributed by atoms with van der Waals surface area (Å²) in [5.74, 6) is -1.14. The van der Waals surface area contributed by atoms with Crippen molar-refractivity contribution in [1.29, 1.82) is 0 Å². The number of likely N-dealkylation sites (N-methyl/N-ethyl adjacent to an activating group) is 1. The second-order valence-electron chi connectivity index (χ2n) is 6.09. The molecule has 0 saturated carbocycles. The molecule has 1 aromatic heterocycles. The van der Waals surface area contributed by atoms with Crippen LogP contribution < -0.4 is 5.32 Å². The highest BCUT2D eigenvalue weighted by atomic mass is 16.5. The summed E-state index contributed by atoms with van der Waals surface area (Å²) in [6, 6.07) is 7.20. The number of esters is 1. The zero-order chi connectivity index (χ0) is 19.8. The van der Waals surface area contributed by atoms with Gasteiger partial charge in [-0.2, -0.15) is 0 Å². The first-order valence-electron chi connectivity index (χ1n) is 8.66. The number of carbonyl (C=O) groups is 3. The Balaban J connectivity index is 1.84. The Labute approximate surface area is 157 Å². The molecule has 0 aliphatic rings. The highest BCUT2D eigenvalue weighted by Gasteiger charge is 2.17. The van der Waals surface area contributed by atoms with Crippen LogP contribution in [0.3, 0.4) is 0 Å². The van der Waals surface area contributed by atoms with Crippen LogP contribution in [0.1, 0.15) is 26.7 Å². The lowest BCUT2D eigenvalue weighted by Crippen LogP contribution is -2.44. The van der Waals surface area contributed by atoms with Crippen LogP contribution in [0.2, 0.25) is 0 Å². The van der Waals surface area contributed by atoms with E-state index in [2.05, 4.69) is 10.3 Å². The number of amides is 2. The Bertz CT molecular complexity index is 808. The van der Waals surface area contributed by atoms with Gasteiger partial charge in [0.2, 0.25) is 11.8 Å². The van der Waals surface area contributed by atoms with Crippen LogP contribution >= 0.6 is 0 Å². The topological polar surface area (TPSA) is 102 Å². The zero-order valence-electron chi connectivity index (χ0n) is 15.6. The van der Waals surface area contributed by atoms with Crippen molar-refractivity contribution in [2.45, 2.75) is 26.8 Å². The van der Waals surface area contributed by atoms with E-state index in [9.17, 15) is 14.4 Å². The summed E-state index contributed by atoms with van der Waals surface area (Å²) in [6.45, 7) is 5.22. The van der Waals surface area contributed by atoms with E-state index in [4.69, 9.17) is 9.15 Å². The van der Waals surface area contributed by atoms with Gasteiger partial charge in [-0.3, -0.25) is 9.59 Å². The Morgan fingerprint density at radius 1 is 1.30 bits per heavy atom. The van der Waals surface area contributed by atoms with Crippen molar-refractivity contribution in [3.63, 3.8) is 0 Å². The smallest absolute Gasteiger partial charge is 0.331 e. The Morgan fingerprint density at radius 2 is 2.04 bits per heavy atom. The van der Waals surface area contributed by atoms with Gasteiger partial charge in [-0.25, -0.2) is 9.78 Å². The number of hydrogen-bond acceptors (Lipinski definition) is 6. The molecule has 1 N–H and O–H groups in total. The molecule has 0 aliphatic carbocycles. The van der Waals surface area contributed by atoms with Crippen LogP contribution in [-0.4, -0.2) is 53.4 Å². The van der Waals surface area contributed by atoms with Crippen LogP contribution in [0.4, 0.5) is 0 Å². The first-order chi connectivity index (χ1) is 12.9. The lowest BCUT2D eigenvalue weighted by atomic mass is 10.3. The first-order valence-corrected chi connectivity index (χ1v) is 8.66. The third-order valence-electron chi connectivity index (χ3n) is 3.53. The molecule has 2 amide bonds. The van der Waals surface area contributed by atoms with Crippen molar-refractivity contribution in [3.05, 3.63) is 36.2 Å². The molecule has 144 valence electrons. The van der Waals surface area contributed by atoms with E-state index in [1.165, 1.54) is 11.0 Å². The van der Waals surface area contributed by atoms with Gasteiger partial charge in [0.1, 0.15) is 5.52 Å². The molecule has 0 unspecified atom stereocenters. The van der Waals surface area contributed by atoms with Crippen molar-refractivity contribution >= 4 is 35.0 Å². The molecular weight excluding hydrogens is 350 g/mol. The van der Waals surface area contributed by atoms with Crippen LogP contribution in [0, 0.1) is 0 Å². The predicted octanol–water partition coefficient (Wildman–Crippen LogP) is 1.76. The monoisotopic (exact) mass is 373 g/mol. The molecule has 8 heteroatoms. The number of carbonyl (C=O) groups excluding carboxylic acids is 3. The second-order valence-corrected chi connectivity index (χ2v) is 6.09. The van der Waals surface area contributed by atoms with Crippen LogP contribution in [0.25, 0.3) is 17.2 Å². The lowest BCUT2D eigenvalue weighted by Gasteiger charge is -2.20. The Hall–Kier alpha value is -3.16. The third kappa shape index (κ3) is 6.25. The van der Waals surface area contributed by atoms with E-state index in [0.717, 1.165) is 6.08 Å². The number of nitrogens with one attached hydrogen (secondary N) is 1. The van der Waals surface area contributed by atoms with Crippen molar-refractivity contribution in [2.24, 2.45) is 0 Å². The Morgan fingerprint density at radius 3 is 2.70 bits per heavy atom. The molecular formula is C19H23N3O5. The lowest BCUT2D eigenvalue weighted by molar-refractivity contribution is -0.148. The zero-order valence-corrected chi connectivity index (χ0v) is 15.6. The van der Waals surface area contributed by atoms with E-state index >= 15 is 0 Å². The average molecular weight is 373 g/mol. The van der Waals surface area contributed by atoms with Crippen molar-refractivity contribution in [3.8, 4) is 0 Å². The van der Waals surface area contributed by atoms with Gasteiger partial charge in [-0.15, -0.1) is 0 Å². The summed E-state index contributed by atoms with van der Waals surface area (Å²) >= 11 is 0. The molecule has 0 bridgehead atoms. The standard InChI is InChI=1S/C19H23N3O5/c1-4-22(11-16(23)20-13(2)3)18(24)12-26-19(25)10-9-17-21-14-7-5-6-8-15(14)27-17/h5-10,13H,4,11-12H2,1-3H3,(H,20,23)/b10-9+. The normalized spacial score (nSPS) is 11.1. The maximum absolute atomic E-state index is 12.1. The number of hydrogen-bond donors (Lipinski definition) is 1. The van der Waals surface area contributed by atoms with Crippen molar-refractivity contribution in [1.82, 2.24) is 15.2 Å². The van der Waals surface area contributed by atoms with Gasteiger partial charge < -0.3 is 19.4 Å². The quantitative estimate of drug-likeness (QED) is 0.559. The molecule has 27 heavy (non-hydrogen) atoms. The fourth-order valence-corrected chi connectivity index (χ4v) is 2.29. The van der Waals surface area contributed by atoms with E-state index in [1.54, 1.807) is 19.1 Å². The Kier molecular flexibility index (Phi) is 7.10. The summed E-state index contributed by atoms with van der Waals surface area (Å²) in [4.78, 5) is 41.2. The highest BCUT2D eigenvalue weighted by molar-refractivity contribution is 5.90.